The molecule has 1 atom stereocenters. The zero-order valence-corrected chi connectivity index (χ0v) is 32.8. The van der Waals surface area contributed by atoms with E-state index in [1.807, 2.05) is 36.4 Å². The zero-order valence-electron chi connectivity index (χ0n) is 27.3. The fourth-order valence-corrected chi connectivity index (χ4v) is 7.20. The Morgan fingerprint density at radius 2 is 1.15 bits per heavy atom. The van der Waals surface area contributed by atoms with Gasteiger partial charge in [-0.15, -0.1) is 39.7 Å². The Morgan fingerprint density at radius 3 is 1.49 bits per heavy atom. The first kappa shape index (κ1) is 40.7. The van der Waals surface area contributed by atoms with Crippen LogP contribution in [0.4, 0.5) is 0 Å². The zero-order chi connectivity index (χ0) is 32.4. The predicted octanol–water partition coefficient (Wildman–Crippen LogP) is 6.44. The summed E-state index contributed by atoms with van der Waals surface area (Å²) >= 11 is 11.0. The topological polar surface area (TPSA) is 0 Å². The third-order valence-electron chi connectivity index (χ3n) is 7.61. The summed E-state index contributed by atoms with van der Waals surface area (Å²) in [6, 6.07) is 31.0. The van der Waals surface area contributed by atoms with Crippen LogP contribution in [-0.4, -0.2) is 7.42 Å². The van der Waals surface area contributed by atoms with E-state index in [2.05, 4.69) is 133 Å². The average molecular weight is 778 g/mol. The van der Waals surface area contributed by atoms with Crippen molar-refractivity contribution in [1.82, 2.24) is 0 Å². The van der Waals surface area contributed by atoms with Crippen LogP contribution in [0, 0.1) is 17.4 Å². The number of allylic oxidation sites excluding steroid dienone is 4. The maximum Gasteiger partial charge on any atom is -1.00 e. The van der Waals surface area contributed by atoms with Gasteiger partial charge in [0.2, 0.25) is 0 Å². The van der Waals surface area contributed by atoms with Crippen molar-refractivity contribution >= 4 is 64.3 Å². The summed E-state index contributed by atoms with van der Waals surface area (Å²) in [6.45, 7) is 16.6. The van der Waals surface area contributed by atoms with Gasteiger partial charge >= 0.3 is 123 Å². The summed E-state index contributed by atoms with van der Waals surface area (Å²) < 4.78 is 4.66. The number of hydrogen-bond acceptors (Lipinski definition) is 0. The van der Waals surface area contributed by atoms with E-state index in [1.165, 1.54) is 44.7 Å². The minimum atomic E-state index is -0.623. The van der Waals surface area contributed by atoms with Gasteiger partial charge in [-0.1, -0.05) is 95.0 Å². The number of rotatable bonds is 5. The van der Waals surface area contributed by atoms with Crippen LogP contribution in [0.1, 0.15) is 56.4 Å². The molecule has 6 rings (SSSR count). The van der Waals surface area contributed by atoms with Crippen LogP contribution in [-0.2, 0) is 22.3 Å². The van der Waals surface area contributed by atoms with Crippen molar-refractivity contribution in [1.29, 1.82) is 0 Å². The molecule has 0 aliphatic heterocycles. The van der Waals surface area contributed by atoms with Gasteiger partial charge in [0.05, 0.1) is 0 Å². The molecule has 5 heteroatoms. The molecule has 1 unspecified atom stereocenters. The Hall–Kier alpha value is -2.51. The smallest absolute Gasteiger partial charge is 1.00 e. The van der Waals surface area contributed by atoms with E-state index in [1.54, 1.807) is 0 Å². The van der Waals surface area contributed by atoms with Crippen LogP contribution in [0.3, 0.4) is 0 Å². The van der Waals surface area contributed by atoms with Gasteiger partial charge < -0.3 is 24.8 Å². The van der Waals surface area contributed by atoms with E-state index in [-0.39, 0.29) is 24.8 Å². The second-order valence-electron chi connectivity index (χ2n) is 12.0. The van der Waals surface area contributed by atoms with E-state index in [4.69, 9.17) is 23.2 Å². The van der Waals surface area contributed by atoms with Crippen molar-refractivity contribution in [3.8, 4) is 0 Å². The molecule has 1 aliphatic carbocycles. The molecule has 0 spiro atoms. The normalized spacial score (nSPS) is 13.0. The van der Waals surface area contributed by atoms with Crippen molar-refractivity contribution in [3.05, 3.63) is 160 Å². The standard InChI is InChI=1S/C17H13.C11H17.2C7H5Cl.2ClH.Zr/c1-3-12-5-7-14-11-15-8-6-13(4-2)10-17(15)16(14)9-12;1-5-9-6-7-10(8-9)11(2,3)4;2*1-6-2-4-7(8)5-3-6;;;/h3-11H,1-2H2;7-9H,5H2,1-4H3;2*1-5H;2*1H;/q2*-1;;;;;/p-2. The fourth-order valence-electron chi connectivity index (χ4n) is 4.85. The van der Waals surface area contributed by atoms with Gasteiger partial charge in [-0.25, -0.2) is 6.08 Å². The second kappa shape index (κ2) is 19.5. The Kier molecular flexibility index (Phi) is 16.9. The van der Waals surface area contributed by atoms with Gasteiger partial charge in [-0.2, -0.15) is 11.6 Å². The summed E-state index contributed by atoms with van der Waals surface area (Å²) in [4.78, 5) is 0. The van der Waals surface area contributed by atoms with Crippen LogP contribution in [0.25, 0.3) is 33.7 Å². The van der Waals surface area contributed by atoms with E-state index >= 15 is 0 Å². The van der Waals surface area contributed by atoms with E-state index < -0.39 is 22.3 Å². The van der Waals surface area contributed by atoms with Crippen LogP contribution in [0.5, 0.6) is 0 Å². The average Bonchev–Trinajstić information content (AvgIpc) is 3.68. The minimum Gasteiger partial charge on any atom is -1.00 e. The van der Waals surface area contributed by atoms with E-state index in [9.17, 15) is 0 Å². The second-order valence-corrected chi connectivity index (χ2v) is 15.1. The molecule has 0 bridgehead atoms. The summed E-state index contributed by atoms with van der Waals surface area (Å²) in [5, 5.41) is 6.73. The molecule has 0 saturated heterocycles. The summed E-state index contributed by atoms with van der Waals surface area (Å²) in [5.74, 6) is 0.573. The van der Waals surface area contributed by atoms with Crippen LogP contribution in [0.2, 0.25) is 10.0 Å². The molecule has 0 N–H and O–H groups in total. The first-order valence-electron chi connectivity index (χ1n) is 15.2. The van der Waals surface area contributed by atoms with E-state index in [0.29, 0.717) is 11.3 Å². The number of fused-ring (bicyclic) bond motifs is 3. The SMILES string of the molecule is C=Cc1ccc2[cH-]c3ccc(C=C)cc3c2c1.CCC1[C-]=CC(C(C)(C)C)=C1.Clc1ccc([CH]=[Zr]=[CH]c2ccc(Cl)cc2)cc1.[Cl-].[Cl-]. The first-order chi connectivity index (χ1) is 21.6. The molecule has 244 valence electrons. The number of benzene rings is 4. The Bertz CT molecular complexity index is 1780. The van der Waals surface area contributed by atoms with Crippen molar-refractivity contribution in [2.75, 3.05) is 0 Å². The third-order valence-corrected chi connectivity index (χ3v) is 10.6. The molecule has 0 nitrogen and oxygen atoms in total. The van der Waals surface area contributed by atoms with Crippen LogP contribution < -0.4 is 24.8 Å². The third kappa shape index (κ3) is 12.2. The molecule has 5 aromatic rings. The number of hydrogen-bond donors (Lipinski definition) is 0. The maximum atomic E-state index is 5.84. The van der Waals surface area contributed by atoms with Gasteiger partial charge in [0, 0.05) is 0 Å². The minimum absolute atomic E-state index is 0. The van der Waals surface area contributed by atoms with Gasteiger partial charge in [-0.3, -0.25) is 6.08 Å². The molecule has 1 aliphatic rings. The monoisotopic (exact) mass is 774 g/mol. The van der Waals surface area contributed by atoms with Gasteiger partial charge in [-0.05, 0) is 11.1 Å². The largest absolute Gasteiger partial charge is 1.00 e. The van der Waals surface area contributed by atoms with Crippen molar-refractivity contribution < 1.29 is 47.1 Å². The van der Waals surface area contributed by atoms with Gasteiger partial charge in [0.1, 0.15) is 0 Å². The summed E-state index contributed by atoms with van der Waals surface area (Å²) in [7, 11) is 0. The predicted molar refractivity (Wildman–Crippen MR) is 200 cm³/mol. The number of halogens is 4. The van der Waals surface area contributed by atoms with Crippen LogP contribution in [0.15, 0.2) is 122 Å². The molecule has 0 radical (unpaired) electrons. The summed E-state index contributed by atoms with van der Waals surface area (Å²) in [6.07, 6.45) is 12.8. The van der Waals surface area contributed by atoms with Crippen molar-refractivity contribution in [2.24, 2.45) is 11.3 Å². The van der Waals surface area contributed by atoms with Gasteiger partial charge in [0.25, 0.3) is 0 Å². The van der Waals surface area contributed by atoms with Crippen molar-refractivity contribution in [3.63, 3.8) is 0 Å². The molecular formula is C42H40Cl4Zr-4. The fraction of sp³-hybridized carbons (Fsp3) is 0.167. The first-order valence-corrected chi connectivity index (χ1v) is 18.8. The van der Waals surface area contributed by atoms with Crippen LogP contribution >= 0.6 is 23.2 Å². The molecule has 0 amide bonds. The molecular weight excluding hydrogens is 737 g/mol. The van der Waals surface area contributed by atoms with E-state index in [0.717, 1.165) is 21.2 Å². The Balaban J connectivity index is 0.000000246. The molecule has 47 heavy (non-hydrogen) atoms. The van der Waals surface area contributed by atoms with Crippen molar-refractivity contribution in [2.45, 2.75) is 34.1 Å². The summed E-state index contributed by atoms with van der Waals surface area (Å²) in [5.41, 5.74) is 6.57. The molecule has 0 heterocycles. The quantitative estimate of drug-likeness (QED) is 0.181. The molecule has 0 fully saturated rings. The maximum absolute atomic E-state index is 5.84. The molecule has 0 aromatic heterocycles. The van der Waals surface area contributed by atoms with Gasteiger partial charge in [0.15, 0.2) is 0 Å². The Morgan fingerprint density at radius 1 is 0.723 bits per heavy atom. The molecule has 0 saturated carbocycles. The molecule has 5 aromatic carbocycles. The Labute approximate surface area is 314 Å².